The van der Waals surface area contributed by atoms with Crippen molar-refractivity contribution in [1.29, 1.82) is 5.26 Å². The van der Waals surface area contributed by atoms with E-state index in [1.165, 1.54) is 11.8 Å². The fraction of sp³-hybridized carbons (Fsp3) is 0.357. The second kappa shape index (κ2) is 5.97. The summed E-state index contributed by atoms with van der Waals surface area (Å²) in [5, 5.41) is 18.5. The second-order valence-electron chi connectivity index (χ2n) is 4.90. The van der Waals surface area contributed by atoms with E-state index in [0.29, 0.717) is 16.6 Å². The Morgan fingerprint density at radius 2 is 2.30 bits per heavy atom. The molecule has 0 aliphatic heterocycles. The van der Waals surface area contributed by atoms with Crippen LogP contribution in [0.1, 0.15) is 19.4 Å². The average molecular weight is 289 g/mol. The van der Waals surface area contributed by atoms with Crippen LogP contribution in [0.5, 0.6) is 0 Å². The molecule has 2 rings (SSSR count). The molecule has 0 aliphatic rings. The summed E-state index contributed by atoms with van der Waals surface area (Å²) < 4.78 is 1.99. The van der Waals surface area contributed by atoms with Crippen LogP contribution in [0, 0.1) is 17.2 Å². The van der Waals surface area contributed by atoms with Gasteiger partial charge in [0.2, 0.25) is 0 Å². The van der Waals surface area contributed by atoms with Gasteiger partial charge in [0, 0.05) is 6.54 Å². The van der Waals surface area contributed by atoms with E-state index < -0.39 is 5.97 Å². The smallest absolute Gasteiger partial charge is 0.313 e. The molecule has 20 heavy (non-hydrogen) atoms. The van der Waals surface area contributed by atoms with Gasteiger partial charge in [-0.2, -0.15) is 5.26 Å². The highest BCUT2D eigenvalue weighted by Gasteiger charge is 2.14. The summed E-state index contributed by atoms with van der Waals surface area (Å²) in [6.07, 6.45) is 0. The minimum absolute atomic E-state index is 0.0213. The first-order valence-corrected chi connectivity index (χ1v) is 7.24. The van der Waals surface area contributed by atoms with Gasteiger partial charge in [-0.1, -0.05) is 25.6 Å². The highest BCUT2D eigenvalue weighted by molar-refractivity contribution is 7.99. The molecule has 0 bridgehead atoms. The Hall–Kier alpha value is -2.00. The molecule has 0 radical (unpaired) electrons. The number of nitriles is 1. The number of aromatic nitrogens is 2. The van der Waals surface area contributed by atoms with Crippen LogP contribution in [0.4, 0.5) is 0 Å². The zero-order chi connectivity index (χ0) is 14.7. The highest BCUT2D eigenvalue weighted by Crippen LogP contribution is 2.26. The number of benzene rings is 1. The lowest BCUT2D eigenvalue weighted by molar-refractivity contribution is -0.133. The zero-order valence-electron chi connectivity index (χ0n) is 11.3. The summed E-state index contributed by atoms with van der Waals surface area (Å²) in [4.78, 5) is 15.2. The van der Waals surface area contributed by atoms with E-state index in [1.54, 1.807) is 18.2 Å². The maximum atomic E-state index is 10.7. The molecule has 2 aromatic rings. The van der Waals surface area contributed by atoms with Crippen molar-refractivity contribution < 1.29 is 9.90 Å². The number of rotatable bonds is 5. The van der Waals surface area contributed by atoms with Gasteiger partial charge in [0.15, 0.2) is 5.16 Å². The molecule has 0 aliphatic carbocycles. The Bertz CT molecular complexity index is 686. The summed E-state index contributed by atoms with van der Waals surface area (Å²) in [5.41, 5.74) is 2.25. The van der Waals surface area contributed by atoms with Gasteiger partial charge in [-0.05, 0) is 24.1 Å². The molecular weight excluding hydrogens is 274 g/mol. The third kappa shape index (κ3) is 3.11. The Morgan fingerprint density at radius 1 is 1.55 bits per heavy atom. The largest absolute Gasteiger partial charge is 0.481 e. The molecule has 0 saturated heterocycles. The first-order valence-electron chi connectivity index (χ1n) is 6.26. The number of nitrogens with zero attached hydrogens (tertiary/aromatic N) is 3. The SMILES string of the molecule is CC(C)Cn1c(SCC(=O)O)nc2ccc(C#N)cc21. The zero-order valence-corrected chi connectivity index (χ0v) is 12.1. The van der Waals surface area contributed by atoms with Gasteiger partial charge < -0.3 is 9.67 Å². The second-order valence-corrected chi connectivity index (χ2v) is 5.84. The van der Waals surface area contributed by atoms with Crippen LogP contribution in [-0.4, -0.2) is 26.4 Å². The summed E-state index contributed by atoms with van der Waals surface area (Å²) in [6, 6.07) is 7.44. The third-order valence-electron chi connectivity index (χ3n) is 2.71. The van der Waals surface area contributed by atoms with Gasteiger partial charge in [0.1, 0.15) is 0 Å². The number of hydrogen-bond acceptors (Lipinski definition) is 4. The topological polar surface area (TPSA) is 78.9 Å². The molecule has 6 heteroatoms. The first-order chi connectivity index (χ1) is 9.51. The van der Waals surface area contributed by atoms with E-state index in [1.807, 2.05) is 4.57 Å². The molecule has 104 valence electrons. The van der Waals surface area contributed by atoms with Gasteiger partial charge in [-0.25, -0.2) is 4.98 Å². The molecule has 0 amide bonds. The quantitative estimate of drug-likeness (QED) is 0.856. The van der Waals surface area contributed by atoms with Crippen LogP contribution in [-0.2, 0) is 11.3 Å². The Kier molecular flexibility index (Phi) is 4.30. The predicted molar refractivity (Wildman–Crippen MR) is 77.6 cm³/mol. The van der Waals surface area contributed by atoms with E-state index >= 15 is 0 Å². The van der Waals surface area contributed by atoms with Crippen LogP contribution < -0.4 is 0 Å². The maximum Gasteiger partial charge on any atom is 0.313 e. The van der Waals surface area contributed by atoms with Crippen LogP contribution in [0.25, 0.3) is 11.0 Å². The minimum atomic E-state index is -0.865. The van der Waals surface area contributed by atoms with Crippen LogP contribution in [0.2, 0.25) is 0 Å². The Labute approximate surface area is 121 Å². The number of carbonyl (C=O) groups is 1. The van der Waals surface area contributed by atoms with Crippen molar-refractivity contribution in [1.82, 2.24) is 9.55 Å². The van der Waals surface area contributed by atoms with Gasteiger partial charge in [0.25, 0.3) is 0 Å². The molecule has 0 atom stereocenters. The third-order valence-corrected chi connectivity index (χ3v) is 3.68. The first kappa shape index (κ1) is 14.4. The van der Waals surface area contributed by atoms with E-state index in [2.05, 4.69) is 24.9 Å². The van der Waals surface area contributed by atoms with Gasteiger partial charge in [0.05, 0.1) is 28.4 Å². The summed E-state index contributed by atoms with van der Waals surface area (Å²) in [6.45, 7) is 4.92. The van der Waals surface area contributed by atoms with Gasteiger partial charge in [-0.15, -0.1) is 0 Å². The summed E-state index contributed by atoms with van der Waals surface area (Å²) in [7, 11) is 0. The normalized spacial score (nSPS) is 10.9. The Morgan fingerprint density at radius 3 is 2.90 bits per heavy atom. The monoisotopic (exact) mass is 289 g/mol. The van der Waals surface area contributed by atoms with E-state index in [0.717, 1.165) is 17.6 Å². The molecule has 5 nitrogen and oxygen atoms in total. The number of carboxylic acids is 1. The number of imidazole rings is 1. The van der Waals surface area contributed by atoms with Crippen molar-refractivity contribution in [2.24, 2.45) is 5.92 Å². The highest BCUT2D eigenvalue weighted by atomic mass is 32.2. The summed E-state index contributed by atoms with van der Waals surface area (Å²) in [5.74, 6) is -0.481. The van der Waals surface area contributed by atoms with E-state index in [9.17, 15) is 4.79 Å². The van der Waals surface area contributed by atoms with Crippen molar-refractivity contribution in [3.05, 3.63) is 23.8 Å². The standard InChI is InChI=1S/C14H15N3O2S/c1-9(2)7-17-12-5-10(6-15)3-4-11(12)16-14(17)20-8-13(18)19/h3-5,9H,7-8H2,1-2H3,(H,18,19). The number of thioether (sulfide) groups is 1. The van der Waals surface area contributed by atoms with E-state index in [4.69, 9.17) is 10.4 Å². The molecule has 0 spiro atoms. The van der Waals surface area contributed by atoms with Gasteiger partial charge in [-0.3, -0.25) is 4.79 Å². The minimum Gasteiger partial charge on any atom is -0.481 e. The van der Waals surface area contributed by atoms with Crippen molar-refractivity contribution in [2.75, 3.05) is 5.75 Å². The lowest BCUT2D eigenvalue weighted by Gasteiger charge is -2.10. The fourth-order valence-corrected chi connectivity index (χ4v) is 2.69. The molecular formula is C14H15N3O2S. The molecule has 0 fully saturated rings. The van der Waals surface area contributed by atoms with Crippen LogP contribution in [0.15, 0.2) is 23.4 Å². The van der Waals surface area contributed by atoms with Crippen molar-refractivity contribution in [2.45, 2.75) is 25.5 Å². The molecule has 0 unspecified atom stereocenters. The lowest BCUT2D eigenvalue weighted by atomic mass is 10.2. The van der Waals surface area contributed by atoms with Crippen LogP contribution >= 0.6 is 11.8 Å². The molecule has 0 saturated carbocycles. The predicted octanol–water partition coefficient (Wildman–Crippen LogP) is 2.74. The maximum absolute atomic E-state index is 10.7. The Balaban J connectivity index is 2.49. The van der Waals surface area contributed by atoms with Crippen molar-refractivity contribution in [3.63, 3.8) is 0 Å². The van der Waals surface area contributed by atoms with E-state index in [-0.39, 0.29) is 5.75 Å². The lowest BCUT2D eigenvalue weighted by Crippen LogP contribution is -2.07. The number of hydrogen-bond donors (Lipinski definition) is 1. The molecule has 1 aromatic carbocycles. The number of fused-ring (bicyclic) bond motifs is 1. The van der Waals surface area contributed by atoms with Crippen molar-refractivity contribution >= 4 is 28.8 Å². The molecule has 1 heterocycles. The molecule has 1 N–H and O–H groups in total. The number of aliphatic carboxylic acids is 1. The number of carboxylic acid groups (broad SMARTS) is 1. The summed E-state index contributed by atoms with van der Waals surface area (Å²) >= 11 is 1.21. The molecule has 1 aromatic heterocycles. The van der Waals surface area contributed by atoms with Crippen molar-refractivity contribution in [3.8, 4) is 6.07 Å². The van der Waals surface area contributed by atoms with Crippen LogP contribution in [0.3, 0.4) is 0 Å². The fourth-order valence-electron chi connectivity index (χ4n) is 1.95. The average Bonchev–Trinajstić information content (AvgIpc) is 2.73. The van der Waals surface area contributed by atoms with Gasteiger partial charge >= 0.3 is 5.97 Å².